The van der Waals surface area contributed by atoms with Crippen molar-refractivity contribution in [2.45, 2.75) is 13.8 Å². The third kappa shape index (κ3) is 5.39. The van der Waals surface area contributed by atoms with Crippen molar-refractivity contribution < 1.29 is 59.1 Å². The van der Waals surface area contributed by atoms with E-state index in [0.717, 1.165) is 26.4 Å². The summed E-state index contributed by atoms with van der Waals surface area (Å²) in [5.41, 5.74) is -1.83. The molecule has 0 aliphatic carbocycles. The van der Waals surface area contributed by atoms with Crippen molar-refractivity contribution in [3.63, 3.8) is 0 Å². The summed E-state index contributed by atoms with van der Waals surface area (Å²) in [6.07, 6.45) is 0. The number of aromatic hydroxyl groups is 1. The van der Waals surface area contributed by atoms with Gasteiger partial charge in [-0.1, -0.05) is 11.8 Å². The van der Waals surface area contributed by atoms with E-state index in [1.807, 2.05) is 0 Å². The molecule has 0 bridgehead atoms. The van der Waals surface area contributed by atoms with Crippen molar-refractivity contribution in [1.29, 1.82) is 0 Å². The first-order valence-corrected chi connectivity index (χ1v) is 9.52. The van der Waals surface area contributed by atoms with Crippen LogP contribution in [0, 0.1) is 12.8 Å². The molecule has 184 valence electrons. The van der Waals surface area contributed by atoms with Crippen LogP contribution in [0.15, 0.2) is 18.2 Å². The van der Waals surface area contributed by atoms with E-state index in [-0.39, 0.29) is 5.75 Å². The number of nitrogens with zero attached hydrogens (tertiary/aromatic N) is 1. The number of ether oxygens (including phenoxy) is 4. The Balaban J connectivity index is 2.69. The van der Waals surface area contributed by atoms with Crippen molar-refractivity contribution in [3.05, 3.63) is 34.9 Å². The summed E-state index contributed by atoms with van der Waals surface area (Å²) in [6, 6.07) is 3.24. The highest BCUT2D eigenvalue weighted by Gasteiger charge is 2.31. The molecule has 2 aromatic rings. The highest BCUT2D eigenvalue weighted by molar-refractivity contribution is 6.02. The van der Waals surface area contributed by atoms with Crippen LogP contribution in [0.3, 0.4) is 0 Å². The highest BCUT2D eigenvalue weighted by atomic mass is 16.8. The molecule has 2 aromatic carbocycles. The van der Waals surface area contributed by atoms with Gasteiger partial charge in [0.25, 0.3) is 0 Å². The van der Waals surface area contributed by atoms with Gasteiger partial charge in [0, 0.05) is 6.07 Å². The number of hydrogen-bond acceptors (Lipinski definition) is 12. The lowest BCUT2D eigenvalue weighted by molar-refractivity contribution is -0.269. The second kappa shape index (κ2) is 10.6. The van der Waals surface area contributed by atoms with Crippen molar-refractivity contribution in [1.82, 2.24) is 0 Å². The Labute approximate surface area is 192 Å². The molecule has 34 heavy (non-hydrogen) atoms. The van der Waals surface area contributed by atoms with Crippen LogP contribution in [-0.2, 0) is 14.3 Å². The monoisotopic (exact) mass is 480 g/mol. The largest absolute Gasteiger partial charge is 0.872 e. The normalized spacial score (nSPS) is 11.4. The van der Waals surface area contributed by atoms with Gasteiger partial charge in [-0.3, -0.25) is 15.2 Å². The van der Waals surface area contributed by atoms with Crippen LogP contribution in [0.5, 0.6) is 28.7 Å². The number of benzene rings is 2. The van der Waals surface area contributed by atoms with Gasteiger partial charge >= 0.3 is 17.9 Å². The van der Waals surface area contributed by atoms with Crippen LogP contribution in [0.4, 0.5) is 5.69 Å². The standard InChI is InChI=1S/C21H23NO12/c1-9-5-11(23)15(21(28)33-8-10(2)19(25)26)13(6-9)34-18-14(31-3)7-12(24)17(22(29)30)16(18)20(27)32-4/h5-7,10,23-24,29-30H,8H2,1-4H3,(H,25,26)/p-1/t10-/m1/s1. The van der Waals surface area contributed by atoms with Crippen LogP contribution in [-0.4, -0.2) is 59.4 Å². The van der Waals surface area contributed by atoms with Gasteiger partial charge in [0.15, 0.2) is 17.2 Å². The number of carbonyl (C=O) groups is 3. The highest BCUT2D eigenvalue weighted by Crippen LogP contribution is 2.46. The van der Waals surface area contributed by atoms with Gasteiger partial charge in [0.1, 0.15) is 23.7 Å². The predicted octanol–water partition coefficient (Wildman–Crippen LogP) is 1.82. The number of hydrogen-bond donors (Lipinski definition) is 4. The molecule has 0 unspecified atom stereocenters. The summed E-state index contributed by atoms with van der Waals surface area (Å²) in [5, 5.41) is 50.2. The predicted molar refractivity (Wildman–Crippen MR) is 110 cm³/mol. The molecule has 2 rings (SSSR count). The summed E-state index contributed by atoms with van der Waals surface area (Å²) in [5.74, 6) is -7.54. The molecule has 0 fully saturated rings. The molecule has 0 spiro atoms. The Morgan fingerprint density at radius 2 is 1.71 bits per heavy atom. The number of anilines is 1. The third-order valence-corrected chi connectivity index (χ3v) is 4.52. The lowest BCUT2D eigenvalue weighted by atomic mass is 10.1. The minimum absolute atomic E-state index is 0.295. The molecule has 13 nitrogen and oxygen atoms in total. The van der Waals surface area contributed by atoms with Gasteiger partial charge < -0.3 is 34.3 Å². The average molecular weight is 480 g/mol. The van der Waals surface area contributed by atoms with Gasteiger partial charge in [-0.05, 0) is 25.5 Å². The fraction of sp³-hybridized carbons (Fsp3) is 0.286. The molecule has 4 N–H and O–H groups in total. The number of esters is 2. The molecular weight excluding hydrogens is 458 g/mol. The van der Waals surface area contributed by atoms with Crippen molar-refractivity contribution >= 4 is 23.6 Å². The molecule has 0 saturated heterocycles. The fourth-order valence-corrected chi connectivity index (χ4v) is 2.82. The number of carboxylic acids is 1. The van der Waals surface area contributed by atoms with Crippen LogP contribution >= 0.6 is 0 Å². The summed E-state index contributed by atoms with van der Waals surface area (Å²) in [6.45, 7) is 2.27. The Bertz CT molecular complexity index is 1110. The van der Waals surface area contributed by atoms with Crippen molar-refractivity contribution in [2.75, 3.05) is 26.1 Å². The zero-order valence-electron chi connectivity index (χ0n) is 18.5. The molecule has 0 aromatic heterocycles. The van der Waals surface area contributed by atoms with E-state index in [0.29, 0.717) is 5.56 Å². The maximum atomic E-state index is 12.6. The van der Waals surface area contributed by atoms with Gasteiger partial charge in [0.05, 0.1) is 25.7 Å². The van der Waals surface area contributed by atoms with Gasteiger partial charge in [0.2, 0.25) is 0 Å². The van der Waals surface area contributed by atoms with Gasteiger partial charge in [-0.15, -0.1) is 5.23 Å². The lowest BCUT2D eigenvalue weighted by Crippen LogP contribution is -2.20. The van der Waals surface area contributed by atoms with E-state index in [2.05, 4.69) is 4.74 Å². The molecular formula is C21H22NO12-. The number of carbonyl (C=O) groups excluding carboxylic acids is 2. The zero-order valence-corrected chi connectivity index (χ0v) is 18.5. The topological polar surface area (TPSA) is 195 Å². The molecule has 0 amide bonds. The second-order valence-corrected chi connectivity index (χ2v) is 7.01. The van der Waals surface area contributed by atoms with Crippen LogP contribution in [0.1, 0.15) is 33.2 Å². The molecule has 0 aliphatic heterocycles. The van der Waals surface area contributed by atoms with Crippen LogP contribution in [0.2, 0.25) is 0 Å². The molecule has 13 heteroatoms. The van der Waals surface area contributed by atoms with Gasteiger partial charge in [-0.25, -0.2) is 9.59 Å². The molecule has 0 aliphatic rings. The summed E-state index contributed by atoms with van der Waals surface area (Å²) < 4.78 is 20.3. The first kappa shape index (κ1) is 26.0. The fourth-order valence-electron chi connectivity index (χ4n) is 2.82. The molecule has 0 heterocycles. The minimum atomic E-state index is -1.22. The third-order valence-electron chi connectivity index (χ3n) is 4.52. The van der Waals surface area contributed by atoms with E-state index in [1.165, 1.54) is 19.9 Å². The minimum Gasteiger partial charge on any atom is -0.872 e. The molecule has 0 radical (unpaired) electrons. The van der Waals surface area contributed by atoms with E-state index in [9.17, 15) is 35.0 Å². The quantitative estimate of drug-likeness (QED) is 0.300. The van der Waals surface area contributed by atoms with E-state index in [4.69, 9.17) is 19.3 Å². The molecule has 1 atom stereocenters. The van der Waals surface area contributed by atoms with E-state index in [1.54, 1.807) is 0 Å². The van der Waals surface area contributed by atoms with Gasteiger partial charge in [-0.2, -0.15) is 0 Å². The first-order valence-electron chi connectivity index (χ1n) is 9.52. The summed E-state index contributed by atoms with van der Waals surface area (Å²) in [4.78, 5) is 36.0. The van der Waals surface area contributed by atoms with E-state index >= 15 is 0 Å². The van der Waals surface area contributed by atoms with Crippen molar-refractivity contribution in [3.8, 4) is 28.7 Å². The smallest absolute Gasteiger partial charge is 0.344 e. The average Bonchev–Trinajstić information content (AvgIpc) is 2.76. The van der Waals surface area contributed by atoms with Crippen LogP contribution in [0.25, 0.3) is 0 Å². The number of aliphatic carboxylic acids is 1. The molecule has 0 saturated carbocycles. The summed E-state index contributed by atoms with van der Waals surface area (Å²) in [7, 11) is 2.12. The maximum Gasteiger partial charge on any atom is 0.344 e. The lowest BCUT2D eigenvalue weighted by Gasteiger charge is -2.22. The van der Waals surface area contributed by atoms with Crippen molar-refractivity contribution in [2.24, 2.45) is 5.92 Å². The Morgan fingerprint density at radius 1 is 1.06 bits per heavy atom. The Morgan fingerprint density at radius 3 is 2.24 bits per heavy atom. The number of carboxylic acid groups (broad SMARTS) is 1. The Kier molecular flexibility index (Phi) is 8.11. The maximum absolute atomic E-state index is 12.6. The SMILES string of the molecule is COC(=O)c1c(Oc2cc(C)cc([O-])c2C(=O)OC[C@@H](C)C(=O)O)c(OC)cc(O)c1N(O)O. The zero-order chi connectivity index (χ0) is 25.7. The second-order valence-electron chi connectivity index (χ2n) is 7.01. The van der Waals surface area contributed by atoms with E-state index < -0.39 is 75.5 Å². The van der Waals surface area contributed by atoms with Crippen LogP contribution < -0.4 is 19.8 Å². The number of aryl methyl sites for hydroxylation is 1. The summed E-state index contributed by atoms with van der Waals surface area (Å²) >= 11 is 0. The number of phenols is 1. The Hall–Kier alpha value is -4.23. The first-order chi connectivity index (χ1) is 15.9. The number of rotatable bonds is 9. The number of methoxy groups -OCH3 is 2. The number of phenolic OH excluding ortho intramolecular Hbond substituents is 1.